The van der Waals surface area contributed by atoms with E-state index in [1.165, 1.54) is 24.8 Å². The number of furan rings is 1. The Morgan fingerprint density at radius 2 is 1.88 bits per heavy atom. The van der Waals surface area contributed by atoms with Gasteiger partial charge in [-0.25, -0.2) is 4.68 Å². The van der Waals surface area contributed by atoms with Crippen LogP contribution >= 0.6 is 0 Å². The van der Waals surface area contributed by atoms with Crippen molar-refractivity contribution in [3.8, 4) is 5.69 Å². The molecule has 2 aromatic heterocycles. The minimum Gasteiger partial charge on any atom is -0.468 e. The summed E-state index contributed by atoms with van der Waals surface area (Å²) in [6.45, 7) is 3.99. The Bertz CT molecular complexity index is 775. The van der Waals surface area contributed by atoms with E-state index in [9.17, 15) is 0 Å². The zero-order valence-corrected chi connectivity index (χ0v) is 15.1. The number of hydrogen-bond donors (Lipinski definition) is 1. The van der Waals surface area contributed by atoms with Gasteiger partial charge in [0.15, 0.2) is 0 Å². The molecule has 0 saturated carbocycles. The average Bonchev–Trinajstić information content (AvgIpc) is 3.39. The van der Waals surface area contributed by atoms with Gasteiger partial charge in [0.2, 0.25) is 0 Å². The van der Waals surface area contributed by atoms with Crippen molar-refractivity contribution in [1.82, 2.24) is 20.0 Å². The van der Waals surface area contributed by atoms with Crippen molar-refractivity contribution in [1.29, 1.82) is 0 Å². The van der Waals surface area contributed by atoms with E-state index in [1.54, 1.807) is 6.26 Å². The molecule has 1 aromatic carbocycles. The van der Waals surface area contributed by atoms with Gasteiger partial charge in [0, 0.05) is 24.8 Å². The van der Waals surface area contributed by atoms with Crippen LogP contribution in [-0.2, 0) is 6.54 Å². The highest BCUT2D eigenvalue weighted by Gasteiger charge is 2.24. The van der Waals surface area contributed by atoms with Gasteiger partial charge in [0.05, 0.1) is 24.2 Å². The number of rotatable bonds is 7. The van der Waals surface area contributed by atoms with Crippen LogP contribution in [0, 0.1) is 0 Å². The number of likely N-dealkylation sites (tertiary alicyclic amines) is 1. The standard InChI is InChI=1S/C21H26N4O/c1-3-8-19(9-4-1)25-17-18(15-23-25)14-22-16-20(21-10-7-13-26-21)24-11-5-2-6-12-24/h1,3-4,7-10,13,15,17,20,22H,2,5-6,11-12,14,16H2. The molecule has 1 aliphatic heterocycles. The predicted octanol–water partition coefficient (Wildman–Crippen LogP) is 3.78. The van der Waals surface area contributed by atoms with Gasteiger partial charge in [-0.05, 0) is 50.2 Å². The molecule has 1 fully saturated rings. The SMILES string of the molecule is c1ccc(-n2cc(CNCC(c3ccco3)N3CCCCC3)cn2)cc1. The largest absolute Gasteiger partial charge is 0.468 e. The first-order valence-corrected chi connectivity index (χ1v) is 9.47. The first-order valence-electron chi connectivity index (χ1n) is 9.47. The Hall–Kier alpha value is -2.37. The van der Waals surface area contributed by atoms with E-state index in [0.717, 1.165) is 37.6 Å². The highest BCUT2D eigenvalue weighted by atomic mass is 16.3. The van der Waals surface area contributed by atoms with Crippen LogP contribution in [0.2, 0.25) is 0 Å². The fourth-order valence-corrected chi connectivity index (χ4v) is 3.65. The summed E-state index contributed by atoms with van der Waals surface area (Å²) in [6.07, 6.45) is 9.69. The van der Waals surface area contributed by atoms with Crippen LogP contribution in [0.3, 0.4) is 0 Å². The first-order chi connectivity index (χ1) is 12.9. The summed E-state index contributed by atoms with van der Waals surface area (Å²) in [5.41, 5.74) is 2.27. The van der Waals surface area contributed by atoms with Gasteiger partial charge in [0.1, 0.15) is 5.76 Å². The van der Waals surface area contributed by atoms with Crippen LogP contribution in [0.15, 0.2) is 65.5 Å². The smallest absolute Gasteiger partial charge is 0.122 e. The van der Waals surface area contributed by atoms with Gasteiger partial charge in [-0.2, -0.15) is 5.10 Å². The number of aromatic nitrogens is 2. The Morgan fingerprint density at radius 3 is 2.65 bits per heavy atom. The summed E-state index contributed by atoms with van der Waals surface area (Å²) < 4.78 is 7.64. The lowest BCUT2D eigenvalue weighted by atomic mass is 10.1. The quantitative estimate of drug-likeness (QED) is 0.704. The molecule has 4 rings (SSSR count). The number of nitrogens with zero attached hydrogens (tertiary/aromatic N) is 3. The number of piperidine rings is 1. The lowest BCUT2D eigenvalue weighted by Gasteiger charge is -2.33. The molecule has 0 radical (unpaired) electrons. The molecule has 3 aromatic rings. The molecule has 1 atom stereocenters. The van der Waals surface area contributed by atoms with E-state index in [2.05, 4.69) is 39.7 Å². The molecule has 5 heteroatoms. The van der Waals surface area contributed by atoms with Crippen LogP contribution in [-0.4, -0.2) is 34.3 Å². The second kappa shape index (κ2) is 8.34. The van der Waals surface area contributed by atoms with E-state index in [-0.39, 0.29) is 0 Å². The molecule has 1 saturated heterocycles. The maximum atomic E-state index is 5.72. The normalized spacial score (nSPS) is 16.6. The fourth-order valence-electron chi connectivity index (χ4n) is 3.65. The summed E-state index contributed by atoms with van der Waals surface area (Å²) in [5.74, 6) is 1.05. The van der Waals surface area contributed by atoms with Crippen molar-refractivity contribution in [3.05, 3.63) is 72.4 Å². The molecule has 26 heavy (non-hydrogen) atoms. The summed E-state index contributed by atoms with van der Waals surface area (Å²) in [6, 6.07) is 14.6. The van der Waals surface area contributed by atoms with Crippen LogP contribution < -0.4 is 5.32 Å². The molecule has 0 bridgehead atoms. The third-order valence-electron chi connectivity index (χ3n) is 5.03. The lowest BCUT2D eigenvalue weighted by Crippen LogP contribution is -2.38. The molecule has 5 nitrogen and oxygen atoms in total. The third-order valence-corrected chi connectivity index (χ3v) is 5.03. The van der Waals surface area contributed by atoms with E-state index < -0.39 is 0 Å². The molecule has 0 amide bonds. The molecule has 3 heterocycles. The molecule has 1 unspecified atom stereocenters. The van der Waals surface area contributed by atoms with Crippen molar-refractivity contribution >= 4 is 0 Å². The fraction of sp³-hybridized carbons (Fsp3) is 0.381. The van der Waals surface area contributed by atoms with Crippen LogP contribution in [0.4, 0.5) is 0 Å². The molecule has 0 aliphatic carbocycles. The molecule has 1 aliphatic rings. The zero-order valence-electron chi connectivity index (χ0n) is 15.1. The Morgan fingerprint density at radius 1 is 1.04 bits per heavy atom. The van der Waals surface area contributed by atoms with Crippen molar-refractivity contribution < 1.29 is 4.42 Å². The first kappa shape index (κ1) is 17.1. The summed E-state index contributed by atoms with van der Waals surface area (Å²) in [7, 11) is 0. The third kappa shape index (κ3) is 4.06. The Labute approximate surface area is 154 Å². The maximum absolute atomic E-state index is 5.72. The molecular weight excluding hydrogens is 324 g/mol. The predicted molar refractivity (Wildman–Crippen MR) is 102 cm³/mol. The lowest BCUT2D eigenvalue weighted by molar-refractivity contribution is 0.142. The molecular formula is C21H26N4O. The van der Waals surface area contributed by atoms with E-state index in [4.69, 9.17) is 4.42 Å². The zero-order chi connectivity index (χ0) is 17.6. The minimum absolute atomic E-state index is 0.300. The summed E-state index contributed by atoms with van der Waals surface area (Å²) in [5, 5.41) is 8.07. The second-order valence-electron chi connectivity index (χ2n) is 6.89. The number of benzene rings is 1. The van der Waals surface area contributed by atoms with Crippen molar-refractivity contribution in [2.24, 2.45) is 0 Å². The van der Waals surface area contributed by atoms with Crippen molar-refractivity contribution in [2.75, 3.05) is 19.6 Å². The van der Waals surface area contributed by atoms with Crippen LogP contribution in [0.25, 0.3) is 5.69 Å². The van der Waals surface area contributed by atoms with Gasteiger partial charge in [0.25, 0.3) is 0 Å². The van der Waals surface area contributed by atoms with E-state index in [1.807, 2.05) is 35.1 Å². The molecule has 1 N–H and O–H groups in total. The van der Waals surface area contributed by atoms with E-state index >= 15 is 0 Å². The van der Waals surface area contributed by atoms with Gasteiger partial charge in [-0.3, -0.25) is 4.90 Å². The maximum Gasteiger partial charge on any atom is 0.122 e. The van der Waals surface area contributed by atoms with Crippen LogP contribution in [0.5, 0.6) is 0 Å². The van der Waals surface area contributed by atoms with Gasteiger partial charge < -0.3 is 9.73 Å². The highest BCUT2D eigenvalue weighted by Crippen LogP contribution is 2.24. The molecule has 0 spiro atoms. The van der Waals surface area contributed by atoms with Crippen LogP contribution in [0.1, 0.15) is 36.6 Å². The monoisotopic (exact) mass is 350 g/mol. The number of nitrogens with one attached hydrogen (secondary N) is 1. The molecule has 136 valence electrons. The summed E-state index contributed by atoms with van der Waals surface area (Å²) >= 11 is 0. The van der Waals surface area contributed by atoms with Gasteiger partial charge >= 0.3 is 0 Å². The number of hydrogen-bond acceptors (Lipinski definition) is 4. The summed E-state index contributed by atoms with van der Waals surface area (Å²) in [4.78, 5) is 2.54. The number of para-hydroxylation sites is 1. The Balaban J connectivity index is 1.37. The van der Waals surface area contributed by atoms with Crippen molar-refractivity contribution in [2.45, 2.75) is 31.8 Å². The average molecular weight is 350 g/mol. The van der Waals surface area contributed by atoms with Crippen molar-refractivity contribution in [3.63, 3.8) is 0 Å². The highest BCUT2D eigenvalue weighted by molar-refractivity contribution is 5.30. The second-order valence-corrected chi connectivity index (χ2v) is 6.89. The Kier molecular flexibility index (Phi) is 5.47. The van der Waals surface area contributed by atoms with Gasteiger partial charge in [-0.15, -0.1) is 0 Å². The van der Waals surface area contributed by atoms with Gasteiger partial charge in [-0.1, -0.05) is 24.6 Å². The minimum atomic E-state index is 0.300. The topological polar surface area (TPSA) is 46.2 Å². The van der Waals surface area contributed by atoms with E-state index in [0.29, 0.717) is 6.04 Å².